The third kappa shape index (κ3) is 2.50. The molecule has 1 aliphatic rings. The zero-order chi connectivity index (χ0) is 16.8. The highest BCUT2D eigenvalue weighted by Gasteiger charge is 2.43. The molecule has 0 amide bonds. The first-order chi connectivity index (χ1) is 10.8. The van der Waals surface area contributed by atoms with Crippen molar-refractivity contribution in [3.8, 4) is 0 Å². The number of rotatable bonds is 3. The Bertz CT molecular complexity index is 797. The molecule has 1 atom stereocenters. The van der Waals surface area contributed by atoms with Crippen molar-refractivity contribution in [2.45, 2.75) is 25.6 Å². The molecule has 2 N–H and O–H groups in total. The van der Waals surface area contributed by atoms with Crippen LogP contribution < -0.4 is 0 Å². The van der Waals surface area contributed by atoms with Gasteiger partial charge in [0.25, 0.3) is 0 Å². The molecule has 23 heavy (non-hydrogen) atoms. The molecular weight excluding hydrogens is 320 g/mol. The Hall–Kier alpha value is -2.31. The first-order valence-corrected chi connectivity index (χ1v) is 7.33. The SMILES string of the molecule is CC(C)(C(=O)O)N1N=C(c2cccc(Cl)c2)c2occc2C1O. The number of nitrogens with zero attached hydrogens (tertiary/aromatic N) is 2. The summed E-state index contributed by atoms with van der Waals surface area (Å²) < 4.78 is 5.45. The minimum Gasteiger partial charge on any atom is -0.479 e. The lowest BCUT2D eigenvalue weighted by Crippen LogP contribution is -2.50. The quantitative estimate of drug-likeness (QED) is 0.901. The van der Waals surface area contributed by atoms with Crippen LogP contribution in [-0.2, 0) is 4.79 Å². The third-order valence-corrected chi connectivity index (χ3v) is 4.06. The molecule has 1 aromatic carbocycles. The van der Waals surface area contributed by atoms with Crippen molar-refractivity contribution < 1.29 is 19.4 Å². The summed E-state index contributed by atoms with van der Waals surface area (Å²) in [6, 6.07) is 8.59. The molecule has 0 fully saturated rings. The monoisotopic (exact) mass is 334 g/mol. The Kier molecular flexibility index (Phi) is 3.66. The summed E-state index contributed by atoms with van der Waals surface area (Å²) in [5.41, 5.74) is 0.154. The standard InChI is InChI=1S/C16H15ClN2O4/c1-16(2,15(21)22)19-14(20)11-6-7-23-13(11)12(18-19)9-4-3-5-10(17)8-9/h3-8,14,20H,1-2H3,(H,21,22). The number of benzene rings is 1. The molecule has 1 unspecified atom stereocenters. The Morgan fingerprint density at radius 2 is 2.13 bits per heavy atom. The van der Waals surface area contributed by atoms with Gasteiger partial charge in [0.2, 0.25) is 0 Å². The van der Waals surface area contributed by atoms with Gasteiger partial charge in [-0.2, -0.15) is 5.10 Å². The molecule has 0 bridgehead atoms. The van der Waals surface area contributed by atoms with E-state index in [1.807, 2.05) is 0 Å². The number of carboxylic acid groups (broad SMARTS) is 1. The Morgan fingerprint density at radius 3 is 2.78 bits per heavy atom. The maximum atomic E-state index is 11.5. The average Bonchev–Trinajstić information content (AvgIpc) is 2.97. The predicted molar refractivity (Wildman–Crippen MR) is 84.3 cm³/mol. The number of aliphatic carboxylic acids is 1. The van der Waals surface area contributed by atoms with Crippen LogP contribution in [0.15, 0.2) is 46.1 Å². The molecular formula is C16H15ClN2O4. The van der Waals surface area contributed by atoms with Crippen molar-refractivity contribution in [1.29, 1.82) is 0 Å². The van der Waals surface area contributed by atoms with E-state index in [0.717, 1.165) is 5.01 Å². The van der Waals surface area contributed by atoms with E-state index in [1.165, 1.54) is 20.1 Å². The molecule has 120 valence electrons. The second-order valence-corrected chi connectivity index (χ2v) is 6.18. The molecule has 7 heteroatoms. The molecule has 0 radical (unpaired) electrons. The number of halogens is 1. The lowest BCUT2D eigenvalue weighted by atomic mass is 9.99. The summed E-state index contributed by atoms with van der Waals surface area (Å²) in [6.45, 7) is 2.95. The smallest absolute Gasteiger partial charge is 0.330 e. The zero-order valence-electron chi connectivity index (χ0n) is 12.5. The van der Waals surface area contributed by atoms with E-state index in [4.69, 9.17) is 16.0 Å². The summed E-state index contributed by atoms with van der Waals surface area (Å²) in [4.78, 5) is 11.5. The van der Waals surface area contributed by atoms with Crippen molar-refractivity contribution in [3.63, 3.8) is 0 Å². The maximum Gasteiger partial charge on any atom is 0.330 e. The van der Waals surface area contributed by atoms with Gasteiger partial charge in [-0.15, -0.1) is 0 Å². The van der Waals surface area contributed by atoms with Gasteiger partial charge >= 0.3 is 5.97 Å². The van der Waals surface area contributed by atoms with Crippen LogP contribution in [0.3, 0.4) is 0 Å². The fraction of sp³-hybridized carbons (Fsp3) is 0.250. The van der Waals surface area contributed by atoms with Crippen LogP contribution in [0, 0.1) is 0 Å². The van der Waals surface area contributed by atoms with E-state index >= 15 is 0 Å². The van der Waals surface area contributed by atoms with E-state index in [0.29, 0.717) is 27.6 Å². The van der Waals surface area contributed by atoms with Crippen LogP contribution in [0.1, 0.15) is 37.0 Å². The van der Waals surface area contributed by atoms with Gasteiger partial charge in [-0.1, -0.05) is 23.7 Å². The lowest BCUT2D eigenvalue weighted by molar-refractivity contribution is -0.158. The van der Waals surface area contributed by atoms with Crippen LogP contribution in [0.2, 0.25) is 5.02 Å². The normalized spacial score (nSPS) is 17.7. The Labute approximate surface area is 137 Å². The van der Waals surface area contributed by atoms with Crippen molar-refractivity contribution in [2.24, 2.45) is 5.10 Å². The van der Waals surface area contributed by atoms with E-state index in [2.05, 4.69) is 5.10 Å². The van der Waals surface area contributed by atoms with E-state index in [1.54, 1.807) is 30.3 Å². The number of furan rings is 1. The van der Waals surface area contributed by atoms with Crippen LogP contribution in [-0.4, -0.2) is 32.4 Å². The van der Waals surface area contributed by atoms with Crippen LogP contribution in [0.5, 0.6) is 0 Å². The lowest BCUT2D eigenvalue weighted by Gasteiger charge is -2.38. The van der Waals surface area contributed by atoms with Gasteiger partial charge in [-0.05, 0) is 32.0 Å². The van der Waals surface area contributed by atoms with E-state index in [-0.39, 0.29) is 0 Å². The highest BCUT2D eigenvalue weighted by atomic mass is 35.5. The molecule has 0 saturated carbocycles. The van der Waals surface area contributed by atoms with Gasteiger partial charge in [0.1, 0.15) is 5.71 Å². The van der Waals surface area contributed by atoms with Gasteiger partial charge in [-0.3, -0.25) is 0 Å². The largest absolute Gasteiger partial charge is 0.479 e. The zero-order valence-corrected chi connectivity index (χ0v) is 13.3. The molecule has 0 aliphatic carbocycles. The number of fused-ring (bicyclic) bond motifs is 1. The fourth-order valence-electron chi connectivity index (χ4n) is 2.41. The number of aliphatic hydroxyl groups is 1. The van der Waals surface area contributed by atoms with Crippen molar-refractivity contribution in [3.05, 3.63) is 58.5 Å². The highest BCUT2D eigenvalue weighted by molar-refractivity contribution is 6.31. The average molecular weight is 335 g/mol. The summed E-state index contributed by atoms with van der Waals surface area (Å²) in [7, 11) is 0. The maximum absolute atomic E-state index is 11.5. The first-order valence-electron chi connectivity index (χ1n) is 6.95. The van der Waals surface area contributed by atoms with Gasteiger partial charge in [-0.25, -0.2) is 9.80 Å². The number of carboxylic acids is 1. The topological polar surface area (TPSA) is 86.3 Å². The summed E-state index contributed by atoms with van der Waals surface area (Å²) in [6.07, 6.45) is 0.225. The van der Waals surface area contributed by atoms with Gasteiger partial charge in [0, 0.05) is 10.6 Å². The third-order valence-electron chi connectivity index (χ3n) is 3.82. The number of aliphatic hydroxyl groups excluding tert-OH is 1. The minimum atomic E-state index is -1.40. The van der Waals surface area contributed by atoms with Gasteiger partial charge in [0.05, 0.1) is 11.8 Å². The Balaban J connectivity index is 2.18. The van der Waals surface area contributed by atoms with Crippen LogP contribution in [0.4, 0.5) is 0 Å². The second-order valence-electron chi connectivity index (χ2n) is 5.75. The molecule has 1 aliphatic heterocycles. The van der Waals surface area contributed by atoms with Crippen molar-refractivity contribution in [2.75, 3.05) is 0 Å². The molecule has 3 rings (SSSR count). The highest BCUT2D eigenvalue weighted by Crippen LogP contribution is 2.35. The van der Waals surface area contributed by atoms with Crippen LogP contribution in [0.25, 0.3) is 0 Å². The molecule has 6 nitrogen and oxygen atoms in total. The number of hydrazone groups is 1. The Morgan fingerprint density at radius 1 is 1.39 bits per heavy atom. The molecule has 2 aromatic rings. The first kappa shape index (κ1) is 15.6. The number of carbonyl (C=O) groups is 1. The van der Waals surface area contributed by atoms with Crippen LogP contribution >= 0.6 is 11.6 Å². The molecule has 2 heterocycles. The summed E-state index contributed by atoms with van der Waals surface area (Å²) in [5, 5.41) is 26.0. The molecule has 0 spiro atoms. The van der Waals surface area contributed by atoms with Crippen molar-refractivity contribution >= 4 is 23.3 Å². The number of hydrogen-bond acceptors (Lipinski definition) is 5. The van der Waals surface area contributed by atoms with E-state index < -0.39 is 17.7 Å². The van der Waals surface area contributed by atoms with E-state index in [9.17, 15) is 15.0 Å². The summed E-state index contributed by atoms with van der Waals surface area (Å²) in [5.74, 6) is -0.699. The van der Waals surface area contributed by atoms with Crippen molar-refractivity contribution in [1.82, 2.24) is 5.01 Å². The predicted octanol–water partition coefficient (Wildman–Crippen LogP) is 2.86. The fourth-order valence-corrected chi connectivity index (χ4v) is 2.60. The second kappa shape index (κ2) is 5.40. The van der Waals surface area contributed by atoms with Gasteiger partial charge < -0.3 is 14.6 Å². The molecule has 1 aromatic heterocycles. The minimum absolute atomic E-state index is 0.400. The molecule has 0 saturated heterocycles. The summed E-state index contributed by atoms with van der Waals surface area (Å²) >= 11 is 6.03. The van der Waals surface area contributed by atoms with Gasteiger partial charge in [0.15, 0.2) is 17.5 Å². The number of hydrogen-bond donors (Lipinski definition) is 2.